The Balaban J connectivity index is 2.43. The van der Waals surface area contributed by atoms with Crippen molar-refractivity contribution in [1.29, 1.82) is 0 Å². The molecule has 0 saturated heterocycles. The average molecular weight is 210 g/mol. The van der Waals surface area contributed by atoms with Gasteiger partial charge in [-0.3, -0.25) is 0 Å². The summed E-state index contributed by atoms with van der Waals surface area (Å²) in [6, 6.07) is 0. The molecule has 0 aliphatic heterocycles. The average Bonchev–Trinajstić information content (AvgIpc) is 2.54. The number of rotatable bonds is 2. The quantitative estimate of drug-likeness (QED) is 0.829. The zero-order valence-electron chi connectivity index (χ0n) is 8.63. The Morgan fingerprint density at radius 2 is 2.21 bits per heavy atom. The highest BCUT2D eigenvalue weighted by molar-refractivity contribution is 7.19. The van der Waals surface area contributed by atoms with Crippen LogP contribution in [-0.4, -0.2) is 4.98 Å². The molecule has 76 valence electrons. The Labute approximate surface area is 86.9 Å². The van der Waals surface area contributed by atoms with Gasteiger partial charge in [0.05, 0.1) is 5.69 Å². The predicted molar refractivity (Wildman–Crippen MR) is 59.6 cm³/mol. The molecular formula is C10H14N2OS. The molecule has 0 aliphatic carbocycles. The van der Waals surface area contributed by atoms with Gasteiger partial charge in [-0.25, -0.2) is 4.98 Å². The number of thiophene rings is 1. The molecule has 2 aromatic heterocycles. The summed E-state index contributed by atoms with van der Waals surface area (Å²) in [6.07, 6.45) is 0.875. The summed E-state index contributed by atoms with van der Waals surface area (Å²) in [4.78, 5) is 6.42. The van der Waals surface area contributed by atoms with Gasteiger partial charge in [-0.1, -0.05) is 13.8 Å². The fraction of sp³-hybridized carbons (Fsp3) is 0.500. The smallest absolute Gasteiger partial charge is 0.196 e. The Morgan fingerprint density at radius 1 is 1.50 bits per heavy atom. The van der Waals surface area contributed by atoms with Crippen LogP contribution in [0.2, 0.25) is 0 Å². The topological polar surface area (TPSA) is 52.0 Å². The van der Waals surface area contributed by atoms with E-state index >= 15 is 0 Å². The van der Waals surface area contributed by atoms with E-state index in [1.54, 1.807) is 11.3 Å². The molecule has 2 N–H and O–H groups in total. The number of oxazole rings is 1. The first-order valence-corrected chi connectivity index (χ1v) is 5.54. The van der Waals surface area contributed by atoms with E-state index in [1.165, 1.54) is 0 Å². The van der Waals surface area contributed by atoms with E-state index in [0.29, 0.717) is 5.92 Å². The van der Waals surface area contributed by atoms with Gasteiger partial charge < -0.3 is 10.2 Å². The summed E-state index contributed by atoms with van der Waals surface area (Å²) in [5, 5.41) is 0. The predicted octanol–water partition coefficient (Wildman–Crippen LogP) is 2.98. The van der Waals surface area contributed by atoms with Crippen molar-refractivity contribution in [3.63, 3.8) is 0 Å². The maximum atomic E-state index is 5.86. The minimum atomic E-state index is 0.560. The van der Waals surface area contributed by atoms with Crippen molar-refractivity contribution < 1.29 is 4.42 Å². The van der Waals surface area contributed by atoms with Gasteiger partial charge in [0.1, 0.15) is 0 Å². The number of nitrogens with two attached hydrogens (primary N) is 1. The molecule has 0 fully saturated rings. The van der Waals surface area contributed by atoms with Crippen LogP contribution in [0.15, 0.2) is 4.42 Å². The highest BCUT2D eigenvalue weighted by atomic mass is 32.1. The van der Waals surface area contributed by atoms with Gasteiger partial charge in [-0.2, -0.15) is 0 Å². The lowest BCUT2D eigenvalue weighted by molar-refractivity contribution is 0.483. The normalized spacial score (nSPS) is 11.7. The lowest BCUT2D eigenvalue weighted by Gasteiger charge is -1.97. The second-order valence-corrected chi connectivity index (χ2v) is 5.11. The fourth-order valence-corrected chi connectivity index (χ4v) is 2.27. The number of hydrogen-bond donors (Lipinski definition) is 1. The molecule has 0 radical (unpaired) electrons. The highest BCUT2D eigenvalue weighted by Gasteiger charge is 2.14. The van der Waals surface area contributed by atoms with Crippen molar-refractivity contribution in [2.45, 2.75) is 27.2 Å². The number of aromatic nitrogens is 1. The van der Waals surface area contributed by atoms with E-state index < -0.39 is 0 Å². The van der Waals surface area contributed by atoms with E-state index in [0.717, 1.165) is 33.3 Å². The van der Waals surface area contributed by atoms with Crippen LogP contribution in [-0.2, 0) is 6.42 Å². The van der Waals surface area contributed by atoms with E-state index in [-0.39, 0.29) is 0 Å². The molecule has 3 nitrogen and oxygen atoms in total. The maximum Gasteiger partial charge on any atom is 0.196 e. The first-order valence-electron chi connectivity index (χ1n) is 4.72. The summed E-state index contributed by atoms with van der Waals surface area (Å²) in [6.45, 7) is 6.28. The first-order chi connectivity index (χ1) is 6.58. The maximum absolute atomic E-state index is 5.86. The number of aryl methyl sites for hydroxylation is 1. The molecule has 0 bridgehead atoms. The molecular weight excluding hydrogens is 196 g/mol. The van der Waals surface area contributed by atoms with Crippen LogP contribution in [0.4, 0.5) is 5.69 Å². The number of nitrogen functional groups attached to an aromatic ring is 1. The van der Waals surface area contributed by atoms with Gasteiger partial charge in [-0.05, 0) is 12.8 Å². The van der Waals surface area contributed by atoms with Gasteiger partial charge in [0, 0.05) is 11.3 Å². The van der Waals surface area contributed by atoms with E-state index in [4.69, 9.17) is 10.2 Å². The Morgan fingerprint density at radius 3 is 2.79 bits per heavy atom. The van der Waals surface area contributed by atoms with Crippen molar-refractivity contribution in [1.82, 2.24) is 4.98 Å². The number of anilines is 1. The van der Waals surface area contributed by atoms with E-state index in [2.05, 4.69) is 18.8 Å². The van der Waals surface area contributed by atoms with Crippen LogP contribution in [0, 0.1) is 12.8 Å². The number of hydrogen-bond acceptors (Lipinski definition) is 4. The second-order valence-electron chi connectivity index (χ2n) is 3.91. The minimum Gasteiger partial charge on any atom is -0.438 e. The second kappa shape index (κ2) is 3.28. The van der Waals surface area contributed by atoms with Crippen LogP contribution in [0.25, 0.3) is 10.4 Å². The summed E-state index contributed by atoms with van der Waals surface area (Å²) in [5.41, 5.74) is 7.37. The summed E-state index contributed by atoms with van der Waals surface area (Å²) < 4.78 is 5.60. The largest absolute Gasteiger partial charge is 0.438 e. The van der Waals surface area contributed by atoms with Crippen molar-refractivity contribution in [2.24, 2.45) is 5.92 Å². The number of nitrogens with zero attached hydrogens (tertiary/aromatic N) is 1. The molecule has 2 rings (SSSR count). The van der Waals surface area contributed by atoms with E-state index in [9.17, 15) is 0 Å². The molecule has 0 atom stereocenters. The van der Waals surface area contributed by atoms with Crippen molar-refractivity contribution in [3.05, 3.63) is 10.8 Å². The van der Waals surface area contributed by atoms with Crippen molar-refractivity contribution in [2.75, 3.05) is 5.73 Å². The molecule has 4 heteroatoms. The third kappa shape index (κ3) is 1.50. The van der Waals surface area contributed by atoms with Crippen LogP contribution < -0.4 is 5.73 Å². The number of fused-ring (bicyclic) bond motifs is 1. The molecule has 0 aromatic carbocycles. The van der Waals surface area contributed by atoms with Crippen LogP contribution in [0.3, 0.4) is 0 Å². The molecule has 2 aromatic rings. The monoisotopic (exact) mass is 210 g/mol. The first kappa shape index (κ1) is 9.52. The van der Waals surface area contributed by atoms with Gasteiger partial charge in [0.2, 0.25) is 0 Å². The van der Waals surface area contributed by atoms with Gasteiger partial charge in [0.25, 0.3) is 0 Å². The van der Waals surface area contributed by atoms with Gasteiger partial charge in [0.15, 0.2) is 16.3 Å². The van der Waals surface area contributed by atoms with Crippen LogP contribution in [0.5, 0.6) is 0 Å². The third-order valence-corrected chi connectivity index (χ3v) is 3.09. The SMILES string of the molecule is Cc1sc2nc(CC(C)C)oc2c1N. The van der Waals surface area contributed by atoms with Gasteiger partial charge >= 0.3 is 0 Å². The molecule has 14 heavy (non-hydrogen) atoms. The third-order valence-electron chi connectivity index (χ3n) is 2.10. The van der Waals surface area contributed by atoms with Gasteiger partial charge in [-0.15, -0.1) is 11.3 Å². The van der Waals surface area contributed by atoms with E-state index in [1.807, 2.05) is 6.92 Å². The molecule has 2 heterocycles. The van der Waals surface area contributed by atoms with Crippen molar-refractivity contribution in [3.8, 4) is 0 Å². The Bertz CT molecular complexity index is 456. The molecule has 0 unspecified atom stereocenters. The van der Waals surface area contributed by atoms with Crippen LogP contribution >= 0.6 is 11.3 Å². The fourth-order valence-electron chi connectivity index (χ4n) is 1.38. The summed E-state index contributed by atoms with van der Waals surface area (Å²) in [7, 11) is 0. The Hall–Kier alpha value is -1.03. The zero-order chi connectivity index (χ0) is 10.3. The molecule has 0 saturated carbocycles. The molecule has 0 spiro atoms. The molecule has 0 aliphatic rings. The highest BCUT2D eigenvalue weighted by Crippen LogP contribution is 2.33. The lowest BCUT2D eigenvalue weighted by atomic mass is 10.1. The zero-order valence-corrected chi connectivity index (χ0v) is 9.44. The van der Waals surface area contributed by atoms with Crippen molar-refractivity contribution >= 4 is 27.4 Å². The summed E-state index contributed by atoms with van der Waals surface area (Å²) in [5.74, 6) is 1.36. The lowest BCUT2D eigenvalue weighted by Crippen LogP contribution is -1.93. The van der Waals surface area contributed by atoms with Crippen LogP contribution in [0.1, 0.15) is 24.6 Å². The summed E-state index contributed by atoms with van der Waals surface area (Å²) >= 11 is 1.60. The Kier molecular flexibility index (Phi) is 2.23. The minimum absolute atomic E-state index is 0.560. The standard InChI is InChI=1S/C10H14N2OS/c1-5(2)4-7-12-10-9(13-7)8(11)6(3)14-10/h5H,4,11H2,1-3H3. The molecule has 0 amide bonds.